The predicted molar refractivity (Wildman–Crippen MR) is 51.8 cm³/mol. The molecule has 0 radical (unpaired) electrons. The van der Waals surface area contributed by atoms with Gasteiger partial charge in [0, 0.05) is 0 Å². The van der Waals surface area contributed by atoms with Crippen LogP contribution in [0.2, 0.25) is 0 Å². The zero-order chi connectivity index (χ0) is 10.4. The van der Waals surface area contributed by atoms with Crippen molar-refractivity contribution in [3.05, 3.63) is 35.9 Å². The van der Waals surface area contributed by atoms with Gasteiger partial charge < -0.3 is 10.2 Å². The van der Waals surface area contributed by atoms with Crippen LogP contribution in [-0.2, 0) is 11.2 Å². The molecule has 0 aromatic heterocycles. The minimum atomic E-state index is -0.956. The molecule has 76 valence electrons. The van der Waals surface area contributed by atoms with Crippen LogP contribution in [0.15, 0.2) is 30.3 Å². The largest absolute Gasteiger partial charge is 0.480 e. The van der Waals surface area contributed by atoms with Crippen molar-refractivity contribution < 1.29 is 15.0 Å². The second kappa shape index (κ2) is 5.36. The monoisotopic (exact) mass is 195 g/mol. The molecular formula is C10H13NO3. The Morgan fingerprint density at radius 1 is 1.36 bits per heavy atom. The van der Waals surface area contributed by atoms with Gasteiger partial charge in [-0.15, -0.1) is 0 Å². The van der Waals surface area contributed by atoms with E-state index in [1.807, 2.05) is 30.3 Å². The lowest BCUT2D eigenvalue weighted by molar-refractivity contribution is -0.139. The highest BCUT2D eigenvalue weighted by Crippen LogP contribution is 2.02. The van der Waals surface area contributed by atoms with Gasteiger partial charge >= 0.3 is 5.97 Å². The number of nitrogens with one attached hydrogen (secondary N) is 1. The molecule has 0 heterocycles. The van der Waals surface area contributed by atoms with Crippen LogP contribution in [-0.4, -0.2) is 29.0 Å². The van der Waals surface area contributed by atoms with Crippen LogP contribution in [0, 0.1) is 0 Å². The number of carboxylic acids is 1. The van der Waals surface area contributed by atoms with Gasteiger partial charge in [0.15, 0.2) is 0 Å². The van der Waals surface area contributed by atoms with Crippen LogP contribution < -0.4 is 5.32 Å². The molecule has 0 amide bonds. The molecule has 4 nitrogen and oxygen atoms in total. The molecule has 0 spiro atoms. The molecule has 1 aromatic carbocycles. The summed E-state index contributed by atoms with van der Waals surface area (Å²) in [5, 5.41) is 19.9. The quantitative estimate of drug-likeness (QED) is 0.588. The molecule has 1 unspecified atom stereocenters. The Hall–Kier alpha value is -1.39. The molecule has 0 aliphatic carbocycles. The Kier molecular flexibility index (Phi) is 4.10. The first-order chi connectivity index (χ1) is 6.74. The maximum Gasteiger partial charge on any atom is 0.321 e. The van der Waals surface area contributed by atoms with Gasteiger partial charge in [0.1, 0.15) is 6.04 Å². The van der Waals surface area contributed by atoms with Gasteiger partial charge in [-0.3, -0.25) is 10.1 Å². The average molecular weight is 195 g/mol. The standard InChI is InChI=1S/C10H13NO3/c12-7-11-9(10(13)14)6-8-4-2-1-3-5-8/h1-5,9,11-12H,6-7H2,(H,13,14). The van der Waals surface area contributed by atoms with Crippen LogP contribution in [0.25, 0.3) is 0 Å². The van der Waals surface area contributed by atoms with Crippen molar-refractivity contribution in [2.45, 2.75) is 12.5 Å². The fourth-order valence-electron chi connectivity index (χ4n) is 1.21. The van der Waals surface area contributed by atoms with Gasteiger partial charge in [-0.25, -0.2) is 0 Å². The summed E-state index contributed by atoms with van der Waals surface area (Å²) < 4.78 is 0. The first-order valence-corrected chi connectivity index (χ1v) is 4.35. The number of aliphatic hydroxyl groups excluding tert-OH is 1. The van der Waals surface area contributed by atoms with Gasteiger partial charge in [-0.05, 0) is 12.0 Å². The van der Waals surface area contributed by atoms with E-state index in [9.17, 15) is 4.79 Å². The topological polar surface area (TPSA) is 69.6 Å². The number of carbonyl (C=O) groups is 1. The molecule has 0 saturated carbocycles. The van der Waals surface area contributed by atoms with Crippen molar-refractivity contribution in [1.82, 2.24) is 5.32 Å². The number of carboxylic acid groups (broad SMARTS) is 1. The Bertz CT molecular complexity index is 287. The van der Waals surface area contributed by atoms with Crippen LogP contribution in [0.3, 0.4) is 0 Å². The van der Waals surface area contributed by atoms with Crippen molar-refractivity contribution in [3.8, 4) is 0 Å². The first-order valence-electron chi connectivity index (χ1n) is 4.35. The van der Waals surface area contributed by atoms with E-state index >= 15 is 0 Å². The maximum absolute atomic E-state index is 10.7. The van der Waals surface area contributed by atoms with Crippen LogP contribution in [0.5, 0.6) is 0 Å². The van der Waals surface area contributed by atoms with E-state index in [1.54, 1.807) is 0 Å². The van der Waals surface area contributed by atoms with Gasteiger partial charge in [0.25, 0.3) is 0 Å². The summed E-state index contributed by atoms with van der Waals surface area (Å²) in [6, 6.07) is 8.56. The minimum Gasteiger partial charge on any atom is -0.480 e. The average Bonchev–Trinajstić information content (AvgIpc) is 2.18. The van der Waals surface area contributed by atoms with Gasteiger partial charge in [0.05, 0.1) is 6.73 Å². The molecule has 0 saturated heterocycles. The molecule has 14 heavy (non-hydrogen) atoms. The molecule has 0 aliphatic rings. The van der Waals surface area contributed by atoms with Gasteiger partial charge in [-0.2, -0.15) is 0 Å². The first kappa shape index (κ1) is 10.7. The minimum absolute atomic E-state index is 0.330. The summed E-state index contributed by atoms with van der Waals surface area (Å²) in [7, 11) is 0. The Balaban J connectivity index is 2.60. The zero-order valence-electron chi connectivity index (χ0n) is 7.68. The molecule has 4 heteroatoms. The van der Waals surface area contributed by atoms with Gasteiger partial charge in [-0.1, -0.05) is 30.3 Å². The van der Waals surface area contributed by atoms with E-state index in [-0.39, 0.29) is 6.73 Å². The molecule has 1 aromatic rings. The molecule has 0 aliphatic heterocycles. The molecule has 1 rings (SSSR count). The lowest BCUT2D eigenvalue weighted by Gasteiger charge is -2.12. The summed E-state index contributed by atoms with van der Waals surface area (Å²) >= 11 is 0. The smallest absolute Gasteiger partial charge is 0.321 e. The van der Waals surface area contributed by atoms with Crippen molar-refractivity contribution in [1.29, 1.82) is 0 Å². The van der Waals surface area contributed by atoms with Gasteiger partial charge in [0.2, 0.25) is 0 Å². The van der Waals surface area contributed by atoms with Crippen LogP contribution in [0.1, 0.15) is 5.56 Å². The van der Waals surface area contributed by atoms with E-state index in [2.05, 4.69) is 5.32 Å². The summed E-state index contributed by atoms with van der Waals surface area (Å²) in [6.07, 6.45) is 0.372. The van der Waals surface area contributed by atoms with E-state index in [0.717, 1.165) is 5.56 Å². The SMILES string of the molecule is O=C(O)C(Cc1ccccc1)NCO. The molecule has 3 N–H and O–H groups in total. The molecular weight excluding hydrogens is 182 g/mol. The van der Waals surface area contributed by atoms with Crippen molar-refractivity contribution in [2.75, 3.05) is 6.73 Å². The number of hydrogen-bond acceptors (Lipinski definition) is 3. The summed E-state index contributed by atoms with van der Waals surface area (Å²) in [6.45, 7) is -0.330. The predicted octanol–water partition coefficient (Wildman–Crippen LogP) is 0.222. The normalized spacial score (nSPS) is 12.4. The van der Waals surface area contributed by atoms with Crippen molar-refractivity contribution >= 4 is 5.97 Å². The Morgan fingerprint density at radius 3 is 2.50 bits per heavy atom. The van der Waals surface area contributed by atoms with E-state index < -0.39 is 12.0 Å². The lowest BCUT2D eigenvalue weighted by atomic mass is 10.1. The summed E-state index contributed by atoms with van der Waals surface area (Å²) in [5.74, 6) is -0.956. The third-order valence-corrected chi connectivity index (χ3v) is 1.92. The lowest BCUT2D eigenvalue weighted by Crippen LogP contribution is -2.38. The number of aliphatic carboxylic acids is 1. The van der Waals surface area contributed by atoms with Crippen molar-refractivity contribution in [2.24, 2.45) is 0 Å². The Labute approximate surface area is 82.2 Å². The number of benzene rings is 1. The zero-order valence-corrected chi connectivity index (χ0v) is 7.68. The van der Waals surface area contributed by atoms with E-state index in [1.165, 1.54) is 0 Å². The van der Waals surface area contributed by atoms with E-state index in [4.69, 9.17) is 10.2 Å². The molecule has 0 bridgehead atoms. The molecule has 0 fully saturated rings. The fraction of sp³-hybridized carbons (Fsp3) is 0.300. The second-order valence-electron chi connectivity index (χ2n) is 2.94. The molecule has 1 atom stereocenters. The fourth-order valence-corrected chi connectivity index (χ4v) is 1.21. The number of rotatable bonds is 5. The second-order valence-corrected chi connectivity index (χ2v) is 2.94. The summed E-state index contributed by atoms with van der Waals surface area (Å²) in [4.78, 5) is 10.7. The summed E-state index contributed by atoms with van der Waals surface area (Å²) in [5.41, 5.74) is 0.931. The maximum atomic E-state index is 10.7. The van der Waals surface area contributed by atoms with Crippen LogP contribution >= 0.6 is 0 Å². The third kappa shape index (κ3) is 3.16. The third-order valence-electron chi connectivity index (χ3n) is 1.92. The highest BCUT2D eigenvalue weighted by molar-refractivity contribution is 5.73. The van der Waals surface area contributed by atoms with Crippen molar-refractivity contribution in [3.63, 3.8) is 0 Å². The Morgan fingerprint density at radius 2 is 2.00 bits per heavy atom. The van der Waals surface area contributed by atoms with Crippen LogP contribution in [0.4, 0.5) is 0 Å². The number of hydrogen-bond donors (Lipinski definition) is 3. The highest BCUT2D eigenvalue weighted by Gasteiger charge is 2.15. The van der Waals surface area contributed by atoms with E-state index in [0.29, 0.717) is 6.42 Å². The highest BCUT2D eigenvalue weighted by atomic mass is 16.4. The number of aliphatic hydroxyl groups is 1.